The smallest absolute Gasteiger partial charge is 0.274 e. The number of furan rings is 1. The molecule has 0 bridgehead atoms. The third kappa shape index (κ3) is 3.56. The highest BCUT2D eigenvalue weighted by Gasteiger charge is 2.29. The summed E-state index contributed by atoms with van der Waals surface area (Å²) in [5.74, 6) is 0. The third-order valence-electron chi connectivity index (χ3n) is 2.93. The van der Waals surface area contributed by atoms with E-state index in [1.807, 2.05) is 0 Å². The molecule has 0 aromatic carbocycles. The van der Waals surface area contributed by atoms with Crippen LogP contribution in [0.1, 0.15) is 12.8 Å². The van der Waals surface area contributed by atoms with Crippen LogP contribution in [0.4, 0.5) is 0 Å². The number of rotatable bonds is 4. The van der Waals surface area contributed by atoms with Crippen LogP contribution in [0.25, 0.3) is 0 Å². The number of hydrogen-bond donors (Lipinski definition) is 1. The van der Waals surface area contributed by atoms with Gasteiger partial charge < -0.3 is 4.42 Å². The van der Waals surface area contributed by atoms with Crippen molar-refractivity contribution in [3.05, 3.63) is 18.4 Å². The fourth-order valence-electron chi connectivity index (χ4n) is 2.03. The highest BCUT2D eigenvalue weighted by atomic mass is 32.2. The van der Waals surface area contributed by atoms with Gasteiger partial charge in [0.2, 0.25) is 15.1 Å². The fourth-order valence-corrected chi connectivity index (χ4v) is 4.13. The molecule has 108 valence electrons. The molecule has 1 N–H and O–H groups in total. The van der Waals surface area contributed by atoms with Gasteiger partial charge in [-0.1, -0.05) is 0 Å². The van der Waals surface area contributed by atoms with Gasteiger partial charge in [0.15, 0.2) is 0 Å². The molecule has 1 aromatic heterocycles. The van der Waals surface area contributed by atoms with Crippen molar-refractivity contribution in [3.63, 3.8) is 0 Å². The van der Waals surface area contributed by atoms with Crippen LogP contribution < -0.4 is 4.72 Å². The zero-order chi connectivity index (χ0) is 14.1. The van der Waals surface area contributed by atoms with E-state index in [4.69, 9.17) is 4.42 Å². The monoisotopic (exact) mass is 308 g/mol. The summed E-state index contributed by atoms with van der Waals surface area (Å²) in [6.07, 6.45) is 3.62. The van der Waals surface area contributed by atoms with Crippen molar-refractivity contribution < 1.29 is 21.3 Å². The number of nitrogens with zero attached hydrogens (tertiary/aromatic N) is 1. The Morgan fingerprint density at radius 1 is 1.37 bits per heavy atom. The van der Waals surface area contributed by atoms with Gasteiger partial charge in [-0.05, 0) is 25.0 Å². The summed E-state index contributed by atoms with van der Waals surface area (Å²) in [5, 5.41) is -0.163. The molecular formula is C10H16N2O5S2. The molecule has 1 saturated heterocycles. The lowest BCUT2D eigenvalue weighted by molar-refractivity contribution is 0.303. The Hall–Kier alpha value is -0.900. The lowest BCUT2D eigenvalue weighted by atomic mass is 10.1. The molecule has 2 rings (SSSR count). The number of hydrogen-bond acceptors (Lipinski definition) is 5. The second-order valence-electron chi connectivity index (χ2n) is 4.51. The van der Waals surface area contributed by atoms with Gasteiger partial charge >= 0.3 is 0 Å². The third-order valence-corrected chi connectivity index (χ3v) is 5.61. The SMILES string of the molecule is CS(=O)(=O)N1CCCC(NS(=O)(=O)c2ccco2)C1. The van der Waals surface area contributed by atoms with Crippen molar-refractivity contribution in [2.24, 2.45) is 0 Å². The van der Waals surface area contributed by atoms with Crippen molar-refractivity contribution >= 4 is 20.0 Å². The number of sulfonamides is 2. The Balaban J connectivity index is 2.08. The van der Waals surface area contributed by atoms with E-state index in [-0.39, 0.29) is 11.6 Å². The molecule has 1 aliphatic heterocycles. The summed E-state index contributed by atoms with van der Waals surface area (Å²) in [4.78, 5) is 0. The Morgan fingerprint density at radius 3 is 2.68 bits per heavy atom. The average Bonchev–Trinajstić information content (AvgIpc) is 2.81. The second kappa shape index (κ2) is 5.23. The van der Waals surface area contributed by atoms with E-state index in [0.29, 0.717) is 19.4 Å². The van der Waals surface area contributed by atoms with Gasteiger partial charge in [0, 0.05) is 19.1 Å². The first-order chi connectivity index (χ1) is 8.79. The van der Waals surface area contributed by atoms with Gasteiger partial charge in [0.05, 0.1) is 12.5 Å². The molecule has 0 amide bonds. The summed E-state index contributed by atoms with van der Waals surface area (Å²) in [6, 6.07) is 2.40. The molecular weight excluding hydrogens is 292 g/mol. The Morgan fingerprint density at radius 2 is 2.11 bits per heavy atom. The van der Waals surface area contributed by atoms with Crippen molar-refractivity contribution in [1.82, 2.24) is 9.03 Å². The summed E-state index contributed by atoms with van der Waals surface area (Å²) in [6.45, 7) is 0.580. The second-order valence-corrected chi connectivity index (χ2v) is 8.14. The highest BCUT2D eigenvalue weighted by Crippen LogP contribution is 2.16. The van der Waals surface area contributed by atoms with Crippen LogP contribution in [-0.4, -0.2) is 46.5 Å². The minimum atomic E-state index is -3.72. The van der Waals surface area contributed by atoms with E-state index < -0.39 is 26.1 Å². The van der Waals surface area contributed by atoms with Crippen LogP contribution >= 0.6 is 0 Å². The lowest BCUT2D eigenvalue weighted by Gasteiger charge is -2.30. The van der Waals surface area contributed by atoms with Gasteiger partial charge in [-0.25, -0.2) is 25.9 Å². The quantitative estimate of drug-likeness (QED) is 0.843. The van der Waals surface area contributed by atoms with Crippen LogP contribution in [0, 0.1) is 0 Å². The first-order valence-corrected chi connectivity index (χ1v) is 9.13. The van der Waals surface area contributed by atoms with Gasteiger partial charge in [-0.3, -0.25) is 0 Å². The van der Waals surface area contributed by atoms with Gasteiger partial charge in [-0.2, -0.15) is 0 Å². The van der Waals surface area contributed by atoms with Crippen molar-refractivity contribution in [2.45, 2.75) is 24.0 Å². The van der Waals surface area contributed by atoms with Gasteiger partial charge in [0.25, 0.3) is 10.0 Å². The highest BCUT2D eigenvalue weighted by molar-refractivity contribution is 7.89. The summed E-state index contributed by atoms with van der Waals surface area (Å²) in [5.41, 5.74) is 0. The maximum atomic E-state index is 11.9. The summed E-state index contributed by atoms with van der Waals surface area (Å²) >= 11 is 0. The van der Waals surface area contributed by atoms with Crippen LogP contribution in [0.2, 0.25) is 0 Å². The van der Waals surface area contributed by atoms with E-state index in [2.05, 4.69) is 4.72 Å². The van der Waals surface area contributed by atoms with Crippen LogP contribution in [0.5, 0.6) is 0 Å². The van der Waals surface area contributed by atoms with E-state index in [1.54, 1.807) is 0 Å². The number of nitrogens with one attached hydrogen (secondary N) is 1. The Kier molecular flexibility index (Phi) is 4.00. The molecule has 0 spiro atoms. The van der Waals surface area contributed by atoms with Crippen LogP contribution in [0.3, 0.4) is 0 Å². The van der Waals surface area contributed by atoms with E-state index >= 15 is 0 Å². The van der Waals surface area contributed by atoms with Crippen molar-refractivity contribution in [2.75, 3.05) is 19.3 Å². The zero-order valence-electron chi connectivity index (χ0n) is 10.4. The molecule has 9 heteroatoms. The first kappa shape index (κ1) is 14.5. The normalized spacial score (nSPS) is 22.5. The lowest BCUT2D eigenvalue weighted by Crippen LogP contribution is -2.49. The molecule has 7 nitrogen and oxygen atoms in total. The maximum absolute atomic E-state index is 11.9. The minimum Gasteiger partial charge on any atom is -0.452 e. The first-order valence-electron chi connectivity index (χ1n) is 5.80. The topological polar surface area (TPSA) is 96.7 Å². The van der Waals surface area contributed by atoms with Crippen molar-refractivity contribution in [1.29, 1.82) is 0 Å². The molecule has 1 atom stereocenters. The minimum absolute atomic E-state index is 0.152. The maximum Gasteiger partial charge on any atom is 0.274 e. The fraction of sp³-hybridized carbons (Fsp3) is 0.600. The van der Waals surface area contributed by atoms with Crippen molar-refractivity contribution in [3.8, 4) is 0 Å². The van der Waals surface area contributed by atoms with Crippen LogP contribution in [-0.2, 0) is 20.0 Å². The predicted molar refractivity (Wildman–Crippen MR) is 68.5 cm³/mol. The van der Waals surface area contributed by atoms with E-state index in [9.17, 15) is 16.8 Å². The molecule has 1 aromatic rings. The standard InChI is InChI=1S/C10H16N2O5S2/c1-18(13,14)12-6-2-4-9(8-12)11-19(15,16)10-5-3-7-17-10/h3,5,7,9,11H,2,4,6,8H2,1H3. The molecule has 0 radical (unpaired) electrons. The summed E-state index contributed by atoms with van der Waals surface area (Å²) < 4.78 is 55.4. The molecule has 19 heavy (non-hydrogen) atoms. The molecule has 1 aliphatic rings. The predicted octanol–water partition coefficient (Wildman–Crippen LogP) is -0.0181. The molecule has 1 fully saturated rings. The molecule has 2 heterocycles. The van der Waals surface area contributed by atoms with Crippen LogP contribution in [0.15, 0.2) is 27.9 Å². The van der Waals surface area contributed by atoms with Gasteiger partial charge in [0.1, 0.15) is 0 Å². The zero-order valence-corrected chi connectivity index (χ0v) is 12.1. The van der Waals surface area contributed by atoms with Gasteiger partial charge in [-0.15, -0.1) is 0 Å². The largest absolute Gasteiger partial charge is 0.452 e. The average molecular weight is 308 g/mol. The van der Waals surface area contributed by atoms with E-state index in [0.717, 1.165) is 6.26 Å². The Bertz CT molecular complexity index is 621. The molecule has 0 saturated carbocycles. The molecule has 1 unspecified atom stereocenters. The molecule has 0 aliphatic carbocycles. The van der Waals surface area contributed by atoms with E-state index in [1.165, 1.54) is 22.7 Å². The Labute approximate surface area is 112 Å². The number of piperidine rings is 1. The summed E-state index contributed by atoms with van der Waals surface area (Å²) in [7, 11) is -7.02.